The van der Waals surface area contributed by atoms with E-state index in [1.165, 1.54) is 0 Å². The fourth-order valence-corrected chi connectivity index (χ4v) is 0.998. The van der Waals surface area contributed by atoms with Gasteiger partial charge in [0, 0.05) is 6.54 Å². The minimum Gasteiger partial charge on any atom is -0.473 e. The Labute approximate surface area is 91.1 Å². The third kappa shape index (κ3) is 3.73. The first-order valence-electron chi connectivity index (χ1n) is 5.36. The largest absolute Gasteiger partial charge is 0.473 e. The molecule has 0 radical (unpaired) electrons. The molecule has 4 nitrogen and oxygen atoms in total. The van der Waals surface area contributed by atoms with E-state index in [0.29, 0.717) is 11.8 Å². The second kappa shape index (κ2) is 5.53. The van der Waals surface area contributed by atoms with Crippen molar-refractivity contribution in [3.8, 4) is 5.88 Å². The summed E-state index contributed by atoms with van der Waals surface area (Å²) in [5.41, 5.74) is 0. The maximum absolute atomic E-state index is 5.65. The van der Waals surface area contributed by atoms with Crippen molar-refractivity contribution in [1.82, 2.24) is 9.97 Å². The highest BCUT2D eigenvalue weighted by molar-refractivity contribution is 5.32. The number of nitrogens with zero attached hydrogens (tertiary/aromatic N) is 2. The van der Waals surface area contributed by atoms with E-state index in [1.807, 2.05) is 13.8 Å². The number of aromatic nitrogens is 2. The molecule has 1 rings (SSSR count). The highest BCUT2D eigenvalue weighted by Gasteiger charge is 2.09. The number of hydrogen-bond donors (Lipinski definition) is 1. The summed E-state index contributed by atoms with van der Waals surface area (Å²) in [5.74, 6) is 1.80. The molecule has 0 bridgehead atoms. The Morgan fingerprint density at radius 1 is 1.33 bits per heavy atom. The van der Waals surface area contributed by atoms with Gasteiger partial charge in [-0.15, -0.1) is 0 Å². The standard InChI is InChI=1S/C11H19N3O/c1-5-13-10-6-12-7-11(14-10)15-9(4)8(2)3/h6-9H,5H2,1-4H3,(H,13,14). The minimum absolute atomic E-state index is 0.149. The van der Waals surface area contributed by atoms with E-state index in [9.17, 15) is 0 Å². The second-order valence-electron chi connectivity index (χ2n) is 3.84. The molecule has 4 heteroatoms. The lowest BCUT2D eigenvalue weighted by atomic mass is 10.1. The highest BCUT2D eigenvalue weighted by Crippen LogP contribution is 2.13. The predicted octanol–water partition coefficient (Wildman–Crippen LogP) is 2.33. The van der Waals surface area contributed by atoms with Crippen molar-refractivity contribution in [3.05, 3.63) is 12.4 Å². The molecule has 1 aromatic rings. The van der Waals surface area contributed by atoms with Crippen LogP contribution in [0.5, 0.6) is 5.88 Å². The van der Waals surface area contributed by atoms with Crippen LogP contribution in [0, 0.1) is 5.92 Å². The van der Waals surface area contributed by atoms with Gasteiger partial charge in [0.1, 0.15) is 5.82 Å². The number of hydrogen-bond acceptors (Lipinski definition) is 4. The van der Waals surface area contributed by atoms with Crippen molar-refractivity contribution < 1.29 is 4.74 Å². The topological polar surface area (TPSA) is 47.0 Å². The van der Waals surface area contributed by atoms with Crippen molar-refractivity contribution in [2.45, 2.75) is 33.8 Å². The van der Waals surface area contributed by atoms with Crippen LogP contribution in [-0.4, -0.2) is 22.6 Å². The van der Waals surface area contributed by atoms with Gasteiger partial charge >= 0.3 is 0 Å². The number of anilines is 1. The van der Waals surface area contributed by atoms with Crippen molar-refractivity contribution in [1.29, 1.82) is 0 Å². The average molecular weight is 209 g/mol. The van der Waals surface area contributed by atoms with Crippen LogP contribution in [0.25, 0.3) is 0 Å². The van der Waals surface area contributed by atoms with E-state index in [0.717, 1.165) is 12.4 Å². The molecule has 15 heavy (non-hydrogen) atoms. The molecule has 1 N–H and O–H groups in total. The van der Waals surface area contributed by atoms with Crippen molar-refractivity contribution in [2.24, 2.45) is 5.92 Å². The van der Waals surface area contributed by atoms with Gasteiger partial charge in [-0.05, 0) is 19.8 Å². The third-order valence-electron chi connectivity index (χ3n) is 2.22. The summed E-state index contributed by atoms with van der Waals surface area (Å²) in [6.45, 7) is 9.12. The first-order valence-corrected chi connectivity index (χ1v) is 5.36. The molecule has 1 unspecified atom stereocenters. The van der Waals surface area contributed by atoms with Crippen molar-refractivity contribution in [2.75, 3.05) is 11.9 Å². The van der Waals surface area contributed by atoms with Crippen LogP contribution in [0.2, 0.25) is 0 Å². The van der Waals surface area contributed by atoms with Gasteiger partial charge in [0.2, 0.25) is 5.88 Å². The molecule has 0 saturated carbocycles. The maximum Gasteiger partial charge on any atom is 0.234 e. The van der Waals surface area contributed by atoms with Crippen LogP contribution >= 0.6 is 0 Å². The minimum atomic E-state index is 0.149. The molecule has 0 fully saturated rings. The van der Waals surface area contributed by atoms with Crippen LogP contribution in [0.1, 0.15) is 27.7 Å². The summed E-state index contributed by atoms with van der Waals surface area (Å²) < 4.78 is 5.65. The molecule has 84 valence electrons. The van der Waals surface area contributed by atoms with Gasteiger partial charge in [-0.3, -0.25) is 4.98 Å². The van der Waals surface area contributed by atoms with Gasteiger partial charge in [-0.25, -0.2) is 0 Å². The molecule has 1 heterocycles. The summed E-state index contributed by atoms with van der Waals surface area (Å²) in [4.78, 5) is 8.35. The van der Waals surface area contributed by atoms with E-state index in [4.69, 9.17) is 4.74 Å². The Morgan fingerprint density at radius 3 is 2.67 bits per heavy atom. The van der Waals surface area contributed by atoms with E-state index in [2.05, 4.69) is 29.1 Å². The Bertz CT molecular complexity index is 302. The second-order valence-corrected chi connectivity index (χ2v) is 3.84. The summed E-state index contributed by atoms with van der Waals surface area (Å²) >= 11 is 0. The summed E-state index contributed by atoms with van der Waals surface area (Å²) in [7, 11) is 0. The fraction of sp³-hybridized carbons (Fsp3) is 0.636. The number of ether oxygens (including phenoxy) is 1. The lowest BCUT2D eigenvalue weighted by Crippen LogP contribution is -2.19. The molecule has 1 atom stereocenters. The molecular weight excluding hydrogens is 190 g/mol. The van der Waals surface area contributed by atoms with E-state index in [1.54, 1.807) is 12.4 Å². The molecule has 0 amide bonds. The zero-order valence-corrected chi connectivity index (χ0v) is 9.82. The summed E-state index contributed by atoms with van der Waals surface area (Å²) in [6, 6.07) is 0. The molecule has 0 aliphatic carbocycles. The highest BCUT2D eigenvalue weighted by atomic mass is 16.5. The van der Waals surface area contributed by atoms with E-state index in [-0.39, 0.29) is 6.10 Å². The normalized spacial score (nSPS) is 12.6. The lowest BCUT2D eigenvalue weighted by Gasteiger charge is -2.17. The molecule has 0 aliphatic rings. The zero-order chi connectivity index (χ0) is 11.3. The molecule has 0 aromatic carbocycles. The lowest BCUT2D eigenvalue weighted by molar-refractivity contribution is 0.163. The zero-order valence-electron chi connectivity index (χ0n) is 9.82. The fourth-order valence-electron chi connectivity index (χ4n) is 0.998. The third-order valence-corrected chi connectivity index (χ3v) is 2.22. The van der Waals surface area contributed by atoms with E-state index >= 15 is 0 Å². The molecular formula is C11H19N3O. The summed E-state index contributed by atoms with van der Waals surface area (Å²) in [6.07, 6.45) is 3.48. The Kier molecular flexibility index (Phi) is 4.34. The van der Waals surface area contributed by atoms with Crippen LogP contribution in [0.3, 0.4) is 0 Å². The SMILES string of the molecule is CCNc1cncc(OC(C)C(C)C)n1. The molecule has 0 saturated heterocycles. The predicted molar refractivity (Wildman–Crippen MR) is 61.1 cm³/mol. The quantitative estimate of drug-likeness (QED) is 0.808. The summed E-state index contributed by atoms with van der Waals surface area (Å²) in [5, 5.41) is 3.10. The Balaban J connectivity index is 2.64. The van der Waals surface area contributed by atoms with Crippen molar-refractivity contribution in [3.63, 3.8) is 0 Å². The van der Waals surface area contributed by atoms with Gasteiger partial charge in [0.25, 0.3) is 0 Å². The van der Waals surface area contributed by atoms with Gasteiger partial charge in [-0.1, -0.05) is 13.8 Å². The molecule has 1 aromatic heterocycles. The van der Waals surface area contributed by atoms with Gasteiger partial charge in [0.15, 0.2) is 0 Å². The smallest absolute Gasteiger partial charge is 0.234 e. The van der Waals surface area contributed by atoms with Crippen LogP contribution < -0.4 is 10.1 Å². The maximum atomic E-state index is 5.65. The average Bonchev–Trinajstić information content (AvgIpc) is 2.18. The molecule has 0 aliphatic heterocycles. The Hall–Kier alpha value is -1.32. The number of nitrogens with one attached hydrogen (secondary N) is 1. The van der Waals surface area contributed by atoms with Gasteiger partial charge in [0.05, 0.1) is 18.5 Å². The first-order chi connectivity index (χ1) is 7.13. The van der Waals surface area contributed by atoms with Crippen LogP contribution in [0.4, 0.5) is 5.82 Å². The van der Waals surface area contributed by atoms with Crippen molar-refractivity contribution >= 4 is 5.82 Å². The van der Waals surface area contributed by atoms with Crippen LogP contribution in [0.15, 0.2) is 12.4 Å². The monoisotopic (exact) mass is 209 g/mol. The van der Waals surface area contributed by atoms with Gasteiger partial charge < -0.3 is 10.1 Å². The van der Waals surface area contributed by atoms with E-state index < -0.39 is 0 Å². The molecule has 0 spiro atoms. The number of rotatable bonds is 5. The Morgan fingerprint density at radius 2 is 2.07 bits per heavy atom. The first kappa shape index (κ1) is 11.8. The van der Waals surface area contributed by atoms with Gasteiger partial charge in [-0.2, -0.15) is 4.98 Å². The van der Waals surface area contributed by atoms with Crippen LogP contribution in [-0.2, 0) is 0 Å².